The number of halogens is 2. The first kappa shape index (κ1) is 32.3. The van der Waals surface area contributed by atoms with E-state index in [1.165, 1.54) is 6.07 Å². The van der Waals surface area contributed by atoms with Crippen molar-refractivity contribution in [2.45, 2.75) is 70.1 Å². The third-order valence-corrected chi connectivity index (χ3v) is 12.4. The van der Waals surface area contributed by atoms with Gasteiger partial charge in [-0.3, -0.25) is 19.1 Å². The van der Waals surface area contributed by atoms with Gasteiger partial charge in [0.15, 0.2) is 5.75 Å². The van der Waals surface area contributed by atoms with Crippen LogP contribution in [0.1, 0.15) is 63.5 Å². The second-order valence-electron chi connectivity index (χ2n) is 13.9. The Bertz CT molecular complexity index is 2100. The van der Waals surface area contributed by atoms with Gasteiger partial charge in [0.2, 0.25) is 5.91 Å². The molecule has 13 heteroatoms. The summed E-state index contributed by atoms with van der Waals surface area (Å²) in [6.07, 6.45) is 5.77. The van der Waals surface area contributed by atoms with E-state index in [4.69, 9.17) is 31.8 Å². The van der Waals surface area contributed by atoms with Gasteiger partial charge in [0.25, 0.3) is 5.88 Å². The van der Waals surface area contributed by atoms with Gasteiger partial charge in [0.05, 0.1) is 27.4 Å². The fraction of sp³-hybridized carbons (Fsp3) is 0.500. The van der Waals surface area contributed by atoms with E-state index in [2.05, 4.69) is 18.0 Å². The molecule has 8 rings (SSSR count). The van der Waals surface area contributed by atoms with E-state index in [9.17, 15) is 14.9 Å². The maximum atomic E-state index is 15.0. The van der Waals surface area contributed by atoms with Crippen LogP contribution in [-0.2, 0) is 4.79 Å². The molecule has 0 spiro atoms. The summed E-state index contributed by atoms with van der Waals surface area (Å²) in [7, 11) is 2.07. The number of aromatic nitrogens is 2. The first-order valence-electron chi connectivity index (χ1n) is 17.1. The second kappa shape index (κ2) is 12.4. The number of thiophene rings is 1. The lowest BCUT2D eigenvalue weighted by Gasteiger charge is -2.37. The SMILES string of the molecule is C[C@H](Oc1nc2cc(-c3ccc(F)c4sc(N)c(C#N)c34)c(Cl)c3c2n(c1=O)C(C1CCN(C(=O)C2CC2)CC1)CCO3)[C@@H]1CCCN1C. The number of anilines is 1. The molecule has 3 fully saturated rings. The highest BCUT2D eigenvalue weighted by Crippen LogP contribution is 2.49. The van der Waals surface area contributed by atoms with Crippen molar-refractivity contribution < 1.29 is 18.7 Å². The van der Waals surface area contributed by atoms with Crippen molar-refractivity contribution in [1.82, 2.24) is 19.4 Å². The summed E-state index contributed by atoms with van der Waals surface area (Å²) in [4.78, 5) is 36.5. The van der Waals surface area contributed by atoms with Crippen LogP contribution in [0.15, 0.2) is 23.0 Å². The number of benzene rings is 2. The Balaban J connectivity index is 1.29. The molecule has 1 unspecified atom stereocenters. The van der Waals surface area contributed by atoms with Crippen LogP contribution in [0.4, 0.5) is 9.39 Å². The topological polar surface area (TPSA) is 127 Å². The number of fused-ring (bicyclic) bond motifs is 1. The highest BCUT2D eigenvalue weighted by Gasteiger charge is 2.39. The largest absolute Gasteiger partial charge is 0.490 e. The molecule has 1 saturated carbocycles. The van der Waals surface area contributed by atoms with Crippen LogP contribution in [0.3, 0.4) is 0 Å². The van der Waals surface area contributed by atoms with Crippen molar-refractivity contribution >= 4 is 55.0 Å². The smallest absolute Gasteiger partial charge is 0.314 e. The maximum absolute atomic E-state index is 15.0. The van der Waals surface area contributed by atoms with E-state index in [1.54, 1.807) is 16.7 Å². The number of nitrogens with zero attached hydrogens (tertiary/aromatic N) is 5. The van der Waals surface area contributed by atoms with Crippen LogP contribution in [0.5, 0.6) is 11.6 Å². The zero-order chi connectivity index (χ0) is 34.1. The lowest BCUT2D eigenvalue weighted by atomic mass is 9.87. The molecular weight excluding hydrogens is 667 g/mol. The summed E-state index contributed by atoms with van der Waals surface area (Å²) >= 11 is 8.21. The number of nitrogen functional groups attached to an aromatic ring is 1. The average Bonchev–Trinajstić information content (AvgIpc) is 3.81. The second-order valence-corrected chi connectivity index (χ2v) is 15.4. The van der Waals surface area contributed by atoms with E-state index >= 15 is 4.39 Å². The van der Waals surface area contributed by atoms with Crippen LogP contribution in [0.2, 0.25) is 5.02 Å². The predicted molar refractivity (Wildman–Crippen MR) is 188 cm³/mol. The zero-order valence-corrected chi connectivity index (χ0v) is 29.1. The van der Waals surface area contributed by atoms with Crippen molar-refractivity contribution in [3.05, 3.63) is 45.0 Å². The molecule has 2 aromatic heterocycles. The number of likely N-dealkylation sites (N-methyl/N-ethyl adjacent to an activating group) is 1. The summed E-state index contributed by atoms with van der Waals surface area (Å²) < 4.78 is 29.9. The van der Waals surface area contributed by atoms with Crippen molar-refractivity contribution in [1.29, 1.82) is 5.26 Å². The summed E-state index contributed by atoms with van der Waals surface area (Å²) in [6.45, 7) is 4.56. The van der Waals surface area contributed by atoms with Crippen molar-refractivity contribution in [2.75, 3.05) is 39.0 Å². The van der Waals surface area contributed by atoms with E-state index in [0.717, 1.165) is 56.4 Å². The number of carbonyl (C=O) groups excluding carboxylic acids is 1. The zero-order valence-electron chi connectivity index (χ0n) is 27.5. The molecule has 1 aliphatic carbocycles. The number of carbonyl (C=O) groups is 1. The van der Waals surface area contributed by atoms with Crippen LogP contribution < -0.4 is 20.8 Å². The number of nitrogens with two attached hydrogens (primary N) is 1. The third-order valence-electron chi connectivity index (χ3n) is 11.0. The van der Waals surface area contributed by atoms with Gasteiger partial charge in [-0.15, -0.1) is 11.3 Å². The van der Waals surface area contributed by atoms with E-state index < -0.39 is 5.82 Å². The molecule has 2 N–H and O–H groups in total. The monoisotopic (exact) mass is 704 g/mol. The number of hydrogen-bond donors (Lipinski definition) is 1. The minimum absolute atomic E-state index is 0.00881. The normalized spacial score (nSPS) is 22.2. The molecule has 3 atom stereocenters. The van der Waals surface area contributed by atoms with E-state index in [-0.39, 0.29) is 67.7 Å². The lowest BCUT2D eigenvalue weighted by Crippen LogP contribution is -2.43. The summed E-state index contributed by atoms with van der Waals surface area (Å²) in [5, 5.41) is 10.8. The Hall–Kier alpha value is -3.92. The van der Waals surface area contributed by atoms with E-state index in [1.807, 2.05) is 11.8 Å². The average molecular weight is 705 g/mol. The highest BCUT2D eigenvalue weighted by atomic mass is 35.5. The fourth-order valence-corrected chi connectivity index (χ4v) is 9.52. The number of piperidine rings is 1. The molecule has 10 nitrogen and oxygen atoms in total. The van der Waals surface area contributed by atoms with Crippen LogP contribution in [0, 0.1) is 29.0 Å². The molecule has 2 aromatic carbocycles. The number of rotatable bonds is 6. The molecule has 0 radical (unpaired) electrons. The van der Waals surface area contributed by atoms with Gasteiger partial charge in [0, 0.05) is 48.5 Å². The van der Waals surface area contributed by atoms with Gasteiger partial charge in [-0.05, 0) is 82.7 Å². The van der Waals surface area contributed by atoms with Crippen LogP contribution in [-0.4, -0.2) is 70.7 Å². The number of amides is 1. The van der Waals surface area contributed by atoms with E-state index in [0.29, 0.717) is 59.4 Å². The first-order chi connectivity index (χ1) is 23.7. The predicted octanol–water partition coefficient (Wildman–Crippen LogP) is 6.36. The molecular formula is C36H38ClFN6O4S. The molecule has 1 amide bonds. The van der Waals surface area contributed by atoms with Gasteiger partial charge < -0.3 is 20.1 Å². The van der Waals surface area contributed by atoms with Gasteiger partial charge in [-0.1, -0.05) is 17.7 Å². The molecule has 256 valence electrons. The third kappa shape index (κ3) is 5.41. The van der Waals surface area contributed by atoms with Crippen molar-refractivity contribution in [3.63, 3.8) is 0 Å². The number of likely N-dealkylation sites (tertiary alicyclic amines) is 2. The molecule has 4 aliphatic rings. The summed E-state index contributed by atoms with van der Waals surface area (Å²) in [5.74, 6) is 0.385. The Morgan fingerprint density at radius 2 is 1.96 bits per heavy atom. The minimum Gasteiger partial charge on any atom is -0.490 e. The molecule has 49 heavy (non-hydrogen) atoms. The molecule has 4 aromatic rings. The van der Waals surface area contributed by atoms with Crippen molar-refractivity contribution in [3.8, 4) is 28.8 Å². The highest BCUT2D eigenvalue weighted by molar-refractivity contribution is 7.23. The molecule has 2 saturated heterocycles. The summed E-state index contributed by atoms with van der Waals surface area (Å²) in [6, 6.07) is 6.76. The number of ether oxygens (including phenoxy) is 2. The minimum atomic E-state index is -0.482. The van der Waals surface area contributed by atoms with Gasteiger partial charge in [-0.2, -0.15) is 5.26 Å². The Kier molecular flexibility index (Phi) is 8.20. The number of hydrogen-bond acceptors (Lipinski definition) is 9. The first-order valence-corrected chi connectivity index (χ1v) is 18.3. The van der Waals surface area contributed by atoms with Gasteiger partial charge in [0.1, 0.15) is 28.5 Å². The van der Waals surface area contributed by atoms with Gasteiger partial charge in [-0.25, -0.2) is 9.37 Å². The standard InChI is InChI=1S/C36H38ClFN6O4S/c1-18(26-4-3-12-42(26)2)48-34-36(46)44-27(19-9-13-43(14-10-19)35(45)20-5-6-20)11-15-47-31-29(37)22(16-25(41-34)30(31)44)21-7-8-24(38)32-28(21)23(17-39)33(40)49-32/h7-8,16,18-20,26-27H,3-6,9-15,40H2,1-2H3/t18-,26-,27?/m0/s1. The summed E-state index contributed by atoms with van der Waals surface area (Å²) in [5.41, 5.74) is 7.95. The molecule has 0 bridgehead atoms. The maximum Gasteiger partial charge on any atom is 0.314 e. The quantitative estimate of drug-likeness (QED) is 0.246. The van der Waals surface area contributed by atoms with Crippen molar-refractivity contribution in [2.24, 2.45) is 11.8 Å². The fourth-order valence-electron chi connectivity index (χ4n) is 8.27. The van der Waals surface area contributed by atoms with Gasteiger partial charge >= 0.3 is 5.56 Å². The Labute approximate surface area is 292 Å². The Morgan fingerprint density at radius 3 is 2.65 bits per heavy atom. The lowest BCUT2D eigenvalue weighted by molar-refractivity contribution is -0.134. The molecule has 5 heterocycles. The molecule has 3 aliphatic heterocycles. The Morgan fingerprint density at radius 1 is 1.18 bits per heavy atom. The number of nitriles is 1. The van der Waals surface area contributed by atoms with Crippen LogP contribution >= 0.6 is 22.9 Å². The van der Waals surface area contributed by atoms with Crippen LogP contribution in [0.25, 0.3) is 32.2 Å².